The van der Waals surface area contributed by atoms with E-state index in [1.807, 2.05) is 12.1 Å². The van der Waals surface area contributed by atoms with Gasteiger partial charge in [-0.25, -0.2) is 0 Å². The summed E-state index contributed by atoms with van der Waals surface area (Å²) in [5, 5.41) is 3.59. The van der Waals surface area contributed by atoms with Crippen LogP contribution >= 0.6 is 0 Å². The van der Waals surface area contributed by atoms with E-state index in [0.717, 1.165) is 30.8 Å². The Bertz CT molecular complexity index is 718. The number of ether oxygens (including phenoxy) is 1. The SMILES string of the molecule is CCCCN(CCCC)CCNCc1ccc(-c2ccc(CC(=O)OC)cc2)cc1. The van der Waals surface area contributed by atoms with Crippen LogP contribution in [-0.4, -0.2) is 44.2 Å². The van der Waals surface area contributed by atoms with Gasteiger partial charge in [0.2, 0.25) is 0 Å². The third kappa shape index (κ3) is 8.68. The van der Waals surface area contributed by atoms with Crippen LogP contribution in [0, 0.1) is 0 Å². The molecular formula is C26H38N2O2. The van der Waals surface area contributed by atoms with Crippen molar-refractivity contribution in [1.82, 2.24) is 10.2 Å². The minimum Gasteiger partial charge on any atom is -0.469 e. The van der Waals surface area contributed by atoms with Crippen molar-refractivity contribution in [1.29, 1.82) is 0 Å². The number of esters is 1. The minimum absolute atomic E-state index is 0.210. The summed E-state index contributed by atoms with van der Waals surface area (Å²) in [6, 6.07) is 16.8. The van der Waals surface area contributed by atoms with Gasteiger partial charge in [0.25, 0.3) is 0 Å². The van der Waals surface area contributed by atoms with E-state index < -0.39 is 0 Å². The van der Waals surface area contributed by atoms with Crippen LogP contribution in [0.25, 0.3) is 11.1 Å². The van der Waals surface area contributed by atoms with Crippen LogP contribution in [0.1, 0.15) is 50.7 Å². The molecule has 0 aromatic heterocycles. The molecule has 4 heteroatoms. The number of hydrogen-bond acceptors (Lipinski definition) is 4. The van der Waals surface area contributed by atoms with Crippen molar-refractivity contribution >= 4 is 5.97 Å². The second kappa shape index (κ2) is 13.9. The summed E-state index contributed by atoms with van der Waals surface area (Å²) in [7, 11) is 1.42. The zero-order valence-electron chi connectivity index (χ0n) is 19.0. The third-order valence-electron chi connectivity index (χ3n) is 5.41. The van der Waals surface area contributed by atoms with Gasteiger partial charge >= 0.3 is 5.97 Å². The molecular weight excluding hydrogens is 372 g/mol. The Morgan fingerprint density at radius 2 is 1.37 bits per heavy atom. The molecule has 30 heavy (non-hydrogen) atoms. The van der Waals surface area contributed by atoms with Gasteiger partial charge in [-0.05, 0) is 48.2 Å². The third-order valence-corrected chi connectivity index (χ3v) is 5.41. The van der Waals surface area contributed by atoms with Crippen LogP contribution in [-0.2, 0) is 22.5 Å². The lowest BCUT2D eigenvalue weighted by Crippen LogP contribution is -2.33. The molecule has 0 aliphatic rings. The lowest BCUT2D eigenvalue weighted by molar-refractivity contribution is -0.139. The van der Waals surface area contributed by atoms with Crippen molar-refractivity contribution in [2.75, 3.05) is 33.3 Å². The van der Waals surface area contributed by atoms with Crippen LogP contribution in [0.4, 0.5) is 0 Å². The van der Waals surface area contributed by atoms with Gasteiger partial charge in [0, 0.05) is 19.6 Å². The molecule has 0 aliphatic carbocycles. The molecule has 0 radical (unpaired) electrons. The van der Waals surface area contributed by atoms with E-state index in [-0.39, 0.29) is 5.97 Å². The first kappa shape index (κ1) is 24.1. The molecule has 1 N–H and O–H groups in total. The molecule has 0 heterocycles. The van der Waals surface area contributed by atoms with Gasteiger partial charge in [0.1, 0.15) is 0 Å². The maximum Gasteiger partial charge on any atom is 0.309 e. The Hall–Kier alpha value is -2.17. The van der Waals surface area contributed by atoms with Crippen LogP contribution in [0.3, 0.4) is 0 Å². The van der Waals surface area contributed by atoms with Crippen molar-refractivity contribution in [3.05, 3.63) is 59.7 Å². The molecule has 2 rings (SSSR count). The van der Waals surface area contributed by atoms with Crippen molar-refractivity contribution in [3.63, 3.8) is 0 Å². The molecule has 0 fully saturated rings. The fourth-order valence-corrected chi connectivity index (χ4v) is 3.44. The van der Waals surface area contributed by atoms with Crippen molar-refractivity contribution in [2.45, 2.75) is 52.5 Å². The van der Waals surface area contributed by atoms with Gasteiger partial charge in [-0.1, -0.05) is 75.2 Å². The maximum atomic E-state index is 11.4. The molecule has 164 valence electrons. The molecule has 4 nitrogen and oxygen atoms in total. The van der Waals surface area contributed by atoms with Gasteiger partial charge in [-0.15, -0.1) is 0 Å². The number of methoxy groups -OCH3 is 1. The average molecular weight is 411 g/mol. The summed E-state index contributed by atoms with van der Waals surface area (Å²) in [6.07, 6.45) is 5.41. The number of benzene rings is 2. The summed E-state index contributed by atoms with van der Waals surface area (Å²) in [4.78, 5) is 14.0. The second-order valence-corrected chi connectivity index (χ2v) is 7.87. The topological polar surface area (TPSA) is 41.6 Å². The second-order valence-electron chi connectivity index (χ2n) is 7.87. The highest BCUT2D eigenvalue weighted by Crippen LogP contribution is 2.20. The van der Waals surface area contributed by atoms with E-state index >= 15 is 0 Å². The molecule has 2 aromatic rings. The fraction of sp³-hybridized carbons (Fsp3) is 0.500. The molecule has 0 saturated heterocycles. The lowest BCUT2D eigenvalue weighted by Gasteiger charge is -2.22. The highest BCUT2D eigenvalue weighted by atomic mass is 16.5. The number of carbonyl (C=O) groups excluding carboxylic acids is 1. The predicted molar refractivity (Wildman–Crippen MR) is 126 cm³/mol. The van der Waals surface area contributed by atoms with Crippen molar-refractivity contribution in [2.24, 2.45) is 0 Å². The first-order valence-corrected chi connectivity index (χ1v) is 11.3. The van der Waals surface area contributed by atoms with E-state index in [4.69, 9.17) is 4.74 Å². The van der Waals surface area contributed by atoms with Gasteiger partial charge in [0.15, 0.2) is 0 Å². The number of unbranched alkanes of at least 4 members (excludes halogenated alkanes) is 2. The normalized spacial score (nSPS) is 11.1. The fourth-order valence-electron chi connectivity index (χ4n) is 3.44. The molecule has 0 bridgehead atoms. The van der Waals surface area contributed by atoms with E-state index in [1.165, 1.54) is 57.0 Å². The molecule has 2 aromatic carbocycles. The molecule has 0 spiro atoms. The number of rotatable bonds is 14. The van der Waals surface area contributed by atoms with E-state index in [2.05, 4.69) is 60.5 Å². The largest absolute Gasteiger partial charge is 0.469 e. The van der Waals surface area contributed by atoms with Crippen LogP contribution in [0.15, 0.2) is 48.5 Å². The van der Waals surface area contributed by atoms with Gasteiger partial charge in [-0.2, -0.15) is 0 Å². The van der Waals surface area contributed by atoms with E-state index in [0.29, 0.717) is 6.42 Å². The van der Waals surface area contributed by atoms with Crippen LogP contribution < -0.4 is 5.32 Å². The van der Waals surface area contributed by atoms with E-state index in [1.54, 1.807) is 0 Å². The molecule has 0 aliphatic heterocycles. The first-order valence-electron chi connectivity index (χ1n) is 11.3. The summed E-state index contributed by atoms with van der Waals surface area (Å²) in [5.74, 6) is -0.210. The zero-order chi connectivity index (χ0) is 21.6. The van der Waals surface area contributed by atoms with Gasteiger partial charge < -0.3 is 15.0 Å². The summed E-state index contributed by atoms with van der Waals surface area (Å²) < 4.78 is 4.72. The Kier molecular flexibility index (Phi) is 11.2. The Morgan fingerprint density at radius 1 is 0.833 bits per heavy atom. The quantitative estimate of drug-likeness (QED) is 0.349. The standard InChI is InChI=1S/C26H38N2O2/c1-4-6-17-28(18-7-5-2)19-16-27-21-23-10-14-25(15-11-23)24-12-8-22(9-13-24)20-26(29)30-3/h8-15,27H,4-7,16-21H2,1-3H3. The zero-order valence-corrected chi connectivity index (χ0v) is 19.0. The number of carbonyl (C=O) groups is 1. The number of hydrogen-bond donors (Lipinski definition) is 1. The lowest BCUT2D eigenvalue weighted by atomic mass is 10.0. The average Bonchev–Trinajstić information content (AvgIpc) is 2.78. The summed E-state index contributed by atoms with van der Waals surface area (Å²) >= 11 is 0. The molecule has 0 atom stereocenters. The molecule has 0 amide bonds. The Balaban J connectivity index is 1.79. The van der Waals surface area contributed by atoms with Gasteiger partial charge in [0.05, 0.1) is 13.5 Å². The predicted octanol–water partition coefficient (Wildman–Crippen LogP) is 5.06. The smallest absolute Gasteiger partial charge is 0.309 e. The number of nitrogens with zero attached hydrogens (tertiary/aromatic N) is 1. The maximum absolute atomic E-state index is 11.4. The minimum atomic E-state index is -0.210. The Labute approximate surface area is 182 Å². The summed E-state index contributed by atoms with van der Waals surface area (Å²) in [6.45, 7) is 9.99. The first-order chi connectivity index (χ1) is 14.7. The van der Waals surface area contributed by atoms with Crippen LogP contribution in [0.2, 0.25) is 0 Å². The summed E-state index contributed by atoms with van der Waals surface area (Å²) in [5.41, 5.74) is 4.62. The van der Waals surface area contributed by atoms with Crippen molar-refractivity contribution < 1.29 is 9.53 Å². The molecule has 0 unspecified atom stereocenters. The van der Waals surface area contributed by atoms with Crippen molar-refractivity contribution in [3.8, 4) is 11.1 Å². The number of nitrogens with one attached hydrogen (secondary N) is 1. The molecule has 0 saturated carbocycles. The van der Waals surface area contributed by atoms with Crippen LogP contribution in [0.5, 0.6) is 0 Å². The highest BCUT2D eigenvalue weighted by molar-refractivity contribution is 5.73. The van der Waals surface area contributed by atoms with E-state index in [9.17, 15) is 4.79 Å². The van der Waals surface area contributed by atoms with Gasteiger partial charge in [-0.3, -0.25) is 4.79 Å². The highest BCUT2D eigenvalue weighted by Gasteiger charge is 2.05. The Morgan fingerprint density at radius 3 is 1.87 bits per heavy atom. The monoisotopic (exact) mass is 410 g/mol.